The average Bonchev–Trinajstić information content (AvgIpc) is 3.18. The first-order valence-electron chi connectivity index (χ1n) is 12.7. The van der Waals surface area contributed by atoms with Crippen LogP contribution in [0, 0.1) is 5.82 Å². The number of anilines is 2. The third kappa shape index (κ3) is 6.12. The molecule has 6 nitrogen and oxygen atoms in total. The lowest BCUT2D eigenvalue weighted by Crippen LogP contribution is -2.44. The van der Waals surface area contributed by atoms with Crippen molar-refractivity contribution in [3.63, 3.8) is 0 Å². The van der Waals surface area contributed by atoms with Crippen molar-refractivity contribution in [1.82, 2.24) is 9.80 Å². The zero-order valence-electron chi connectivity index (χ0n) is 21.4. The average molecular weight is 541 g/mol. The van der Waals surface area contributed by atoms with Gasteiger partial charge in [-0.3, -0.25) is 9.69 Å². The van der Waals surface area contributed by atoms with E-state index in [9.17, 15) is 22.4 Å². The predicted octanol–water partition coefficient (Wildman–Crippen LogP) is 5.66. The summed E-state index contributed by atoms with van der Waals surface area (Å²) in [5, 5.41) is 0. The van der Waals surface area contributed by atoms with Gasteiger partial charge in [0.1, 0.15) is 17.3 Å². The van der Waals surface area contributed by atoms with E-state index in [1.54, 1.807) is 24.3 Å². The molecule has 1 amide bonds. The van der Waals surface area contributed by atoms with Crippen LogP contribution in [-0.2, 0) is 11.0 Å². The third-order valence-electron chi connectivity index (χ3n) is 6.83. The van der Waals surface area contributed by atoms with Gasteiger partial charge >= 0.3 is 6.18 Å². The number of nitrogens with zero attached hydrogens (tertiary/aromatic N) is 4. The first-order valence-corrected chi connectivity index (χ1v) is 12.7. The van der Waals surface area contributed by atoms with E-state index in [0.717, 1.165) is 51.3 Å². The van der Waals surface area contributed by atoms with Gasteiger partial charge in [-0.2, -0.15) is 13.2 Å². The first-order chi connectivity index (χ1) is 18.7. The molecule has 2 aliphatic heterocycles. The number of hydrogen-bond donors (Lipinski definition) is 0. The number of carbonyl (C=O) groups is 1. The number of ether oxygens (including phenoxy) is 1. The molecule has 39 heavy (non-hydrogen) atoms. The van der Waals surface area contributed by atoms with Crippen LogP contribution in [0.2, 0.25) is 0 Å². The molecule has 2 heterocycles. The van der Waals surface area contributed by atoms with Crippen LogP contribution < -0.4 is 9.64 Å². The quantitative estimate of drug-likeness (QED) is 0.287. The molecule has 0 saturated carbocycles. The zero-order valence-corrected chi connectivity index (χ0v) is 21.4. The smallest absolute Gasteiger partial charge is 0.416 e. The summed E-state index contributed by atoms with van der Waals surface area (Å²) >= 11 is 0. The molecule has 3 aromatic rings. The Morgan fingerprint density at radius 2 is 1.72 bits per heavy atom. The molecule has 0 N–H and O–H groups in total. The fourth-order valence-corrected chi connectivity index (χ4v) is 4.73. The maximum Gasteiger partial charge on any atom is 0.416 e. The van der Waals surface area contributed by atoms with Crippen LogP contribution in [0.3, 0.4) is 0 Å². The van der Waals surface area contributed by atoms with E-state index in [4.69, 9.17) is 4.74 Å². The predicted molar refractivity (Wildman–Crippen MR) is 142 cm³/mol. The van der Waals surface area contributed by atoms with E-state index in [1.807, 2.05) is 0 Å². The number of halogens is 4. The fraction of sp³-hybridized carbons (Fsp3) is 0.310. The molecule has 1 fully saturated rings. The summed E-state index contributed by atoms with van der Waals surface area (Å²) < 4.78 is 59.7. The number of carbonyl (C=O) groups excluding carboxylic acids is 1. The van der Waals surface area contributed by atoms with E-state index >= 15 is 0 Å². The normalized spacial score (nSPS) is 17.6. The maximum atomic E-state index is 14.2. The van der Waals surface area contributed by atoms with Gasteiger partial charge < -0.3 is 14.5 Å². The molecular formula is C29H28F4N4O2. The summed E-state index contributed by atoms with van der Waals surface area (Å²) in [7, 11) is 2.12. The summed E-state index contributed by atoms with van der Waals surface area (Å²) in [4.78, 5) is 23.8. The van der Waals surface area contributed by atoms with Crippen LogP contribution in [-0.4, -0.2) is 67.8 Å². The second kappa shape index (κ2) is 11.2. The van der Waals surface area contributed by atoms with Gasteiger partial charge in [-0.1, -0.05) is 12.1 Å². The molecule has 2 aliphatic rings. The summed E-state index contributed by atoms with van der Waals surface area (Å²) in [6.07, 6.45) is -3.71. The summed E-state index contributed by atoms with van der Waals surface area (Å²) in [5.41, 5.74) is 0.00232. The van der Waals surface area contributed by atoms with E-state index < -0.39 is 23.5 Å². The summed E-state index contributed by atoms with van der Waals surface area (Å²) in [6.45, 7) is 5.62. The zero-order chi connectivity index (χ0) is 27.6. The van der Waals surface area contributed by atoms with E-state index in [0.29, 0.717) is 23.7 Å². The van der Waals surface area contributed by atoms with Crippen LogP contribution >= 0.6 is 0 Å². The van der Waals surface area contributed by atoms with Gasteiger partial charge in [0.15, 0.2) is 0 Å². The van der Waals surface area contributed by atoms with Crippen LogP contribution in [0.25, 0.3) is 0 Å². The minimum absolute atomic E-state index is 0.0531. The topological polar surface area (TPSA) is 48.4 Å². The molecule has 0 aliphatic carbocycles. The Bertz CT molecular complexity index is 1380. The number of fused-ring (bicyclic) bond motifs is 1. The molecule has 3 aromatic carbocycles. The number of aliphatic imine (C=N–C) groups is 1. The number of amides is 1. The molecule has 0 aromatic heterocycles. The highest BCUT2D eigenvalue weighted by atomic mass is 19.4. The number of alkyl halides is 3. The molecule has 0 unspecified atom stereocenters. The van der Waals surface area contributed by atoms with Gasteiger partial charge in [-0.25, -0.2) is 9.38 Å². The fourth-order valence-electron chi connectivity index (χ4n) is 4.73. The molecule has 10 heteroatoms. The van der Waals surface area contributed by atoms with Crippen molar-refractivity contribution in [2.24, 2.45) is 4.99 Å². The van der Waals surface area contributed by atoms with Crippen molar-refractivity contribution in [1.29, 1.82) is 0 Å². The van der Waals surface area contributed by atoms with E-state index in [2.05, 4.69) is 21.8 Å². The van der Waals surface area contributed by atoms with Crippen molar-refractivity contribution in [3.8, 4) is 5.75 Å². The summed E-state index contributed by atoms with van der Waals surface area (Å²) in [6, 6.07) is 15.2. The van der Waals surface area contributed by atoms with Gasteiger partial charge in [-0.05, 0) is 62.0 Å². The number of rotatable bonds is 7. The van der Waals surface area contributed by atoms with Crippen molar-refractivity contribution < 1.29 is 27.1 Å². The molecule has 1 saturated heterocycles. The number of benzene rings is 3. The van der Waals surface area contributed by atoms with Gasteiger partial charge in [0.25, 0.3) is 5.91 Å². The Labute approximate surface area is 224 Å². The Kier molecular flexibility index (Phi) is 7.67. The largest absolute Gasteiger partial charge is 0.493 e. The molecule has 0 radical (unpaired) electrons. The number of piperazine rings is 1. The minimum Gasteiger partial charge on any atom is -0.493 e. The van der Waals surface area contributed by atoms with Crippen molar-refractivity contribution >= 4 is 28.7 Å². The molecule has 0 bridgehead atoms. The number of hydrogen-bond acceptors (Lipinski definition) is 5. The Morgan fingerprint density at radius 1 is 0.949 bits per heavy atom. The second-order valence-electron chi connectivity index (χ2n) is 9.65. The Hall–Kier alpha value is -3.76. The summed E-state index contributed by atoms with van der Waals surface area (Å²) in [5.74, 6) is -0.580. The van der Waals surface area contributed by atoms with E-state index in [1.165, 1.54) is 35.2 Å². The minimum atomic E-state index is -4.56. The van der Waals surface area contributed by atoms with Crippen LogP contribution in [0.4, 0.5) is 34.6 Å². The molecule has 5 rings (SSSR count). The van der Waals surface area contributed by atoms with Crippen molar-refractivity contribution in [2.45, 2.75) is 12.6 Å². The second-order valence-corrected chi connectivity index (χ2v) is 9.65. The first kappa shape index (κ1) is 26.8. The van der Waals surface area contributed by atoms with Gasteiger partial charge in [0.05, 0.1) is 29.2 Å². The lowest BCUT2D eigenvalue weighted by molar-refractivity contribution is -0.137. The Morgan fingerprint density at radius 3 is 2.49 bits per heavy atom. The molecule has 204 valence electrons. The maximum absolute atomic E-state index is 14.2. The monoisotopic (exact) mass is 540 g/mol. The molecule has 0 atom stereocenters. The van der Waals surface area contributed by atoms with Gasteiger partial charge in [0, 0.05) is 44.4 Å². The lowest BCUT2D eigenvalue weighted by Gasteiger charge is -2.32. The standard InChI is InChI=1S/C29H28F4N4O2/c1-35-12-14-36(15-13-35)11-4-16-39-24-8-3-7-23(19-24)37-26-10-9-21(30)18-25(26)27(28(37)38)34-22-6-2-5-20(17-22)29(31,32)33/h2-3,5-10,17-19H,4,11-16H2,1H3. The van der Waals surface area contributed by atoms with Crippen LogP contribution in [0.15, 0.2) is 71.7 Å². The highest BCUT2D eigenvalue weighted by molar-refractivity contribution is 6.56. The molecule has 0 spiro atoms. The van der Waals surface area contributed by atoms with Gasteiger partial charge in [0.2, 0.25) is 0 Å². The van der Waals surface area contributed by atoms with E-state index in [-0.39, 0.29) is 17.0 Å². The van der Waals surface area contributed by atoms with Crippen molar-refractivity contribution in [2.75, 3.05) is 51.3 Å². The lowest BCUT2D eigenvalue weighted by atomic mass is 10.1. The Balaban J connectivity index is 1.35. The highest BCUT2D eigenvalue weighted by Crippen LogP contribution is 2.39. The highest BCUT2D eigenvalue weighted by Gasteiger charge is 2.36. The van der Waals surface area contributed by atoms with Crippen LogP contribution in [0.5, 0.6) is 5.75 Å². The van der Waals surface area contributed by atoms with Crippen LogP contribution in [0.1, 0.15) is 17.5 Å². The van der Waals surface area contributed by atoms with Gasteiger partial charge in [-0.15, -0.1) is 0 Å². The van der Waals surface area contributed by atoms with Crippen molar-refractivity contribution in [3.05, 3.63) is 83.7 Å². The third-order valence-corrected chi connectivity index (χ3v) is 6.83. The molecular weight excluding hydrogens is 512 g/mol. The number of likely N-dealkylation sites (N-methyl/N-ethyl adjacent to an activating group) is 1. The SMILES string of the molecule is CN1CCN(CCCOc2cccc(N3C(=O)C(=Nc4cccc(C(F)(F)F)c4)c4cc(F)ccc43)c2)CC1.